The summed E-state index contributed by atoms with van der Waals surface area (Å²) in [6, 6.07) is 14.7. The van der Waals surface area contributed by atoms with Gasteiger partial charge in [-0.05, 0) is 25.0 Å². The van der Waals surface area contributed by atoms with Crippen LogP contribution in [0.5, 0.6) is 0 Å². The molecule has 0 bridgehead atoms. The molecule has 1 N–H and O–H groups in total. The van der Waals surface area contributed by atoms with Crippen LogP contribution >= 0.6 is 23.2 Å². The number of rotatable bonds is 2. The van der Waals surface area contributed by atoms with Crippen LogP contribution in [0.2, 0.25) is 10.0 Å². The minimum absolute atomic E-state index is 0.118. The monoisotopic (exact) mass is 410 g/mol. The van der Waals surface area contributed by atoms with E-state index in [1.54, 1.807) is 16.8 Å². The van der Waals surface area contributed by atoms with Crippen LogP contribution in [-0.4, -0.2) is 20.5 Å². The van der Waals surface area contributed by atoms with Gasteiger partial charge in [0.25, 0.3) is 0 Å². The highest BCUT2D eigenvalue weighted by molar-refractivity contribution is 6.35. The normalized spacial score (nSPS) is 18.5. The number of nitrogens with one attached hydrogen (secondary N) is 1. The van der Waals surface area contributed by atoms with E-state index in [1.165, 1.54) is 0 Å². The third kappa shape index (κ3) is 2.82. The number of ketones is 1. The Kier molecular flexibility index (Phi) is 4.22. The molecule has 1 aromatic heterocycles. The van der Waals surface area contributed by atoms with Gasteiger partial charge in [-0.1, -0.05) is 59.6 Å². The molecule has 0 spiro atoms. The zero-order valence-electron chi connectivity index (χ0n) is 14.8. The summed E-state index contributed by atoms with van der Waals surface area (Å²) in [5, 5.41) is 9.12. The molecule has 2 aromatic carbocycles. The number of aromatic nitrogens is 3. The molecule has 3 aromatic rings. The molecule has 28 heavy (non-hydrogen) atoms. The third-order valence-electron chi connectivity index (χ3n) is 5.16. The van der Waals surface area contributed by atoms with Crippen LogP contribution in [0.1, 0.15) is 30.9 Å². The number of hydrogen-bond donors (Lipinski definition) is 1. The van der Waals surface area contributed by atoms with E-state index in [4.69, 9.17) is 28.3 Å². The van der Waals surface area contributed by atoms with E-state index in [0.29, 0.717) is 33.8 Å². The van der Waals surface area contributed by atoms with Crippen molar-refractivity contribution < 1.29 is 4.79 Å². The minimum atomic E-state index is -0.422. The van der Waals surface area contributed by atoms with Crippen LogP contribution in [-0.2, 0) is 4.79 Å². The summed E-state index contributed by atoms with van der Waals surface area (Å²) in [5.41, 5.74) is 3.33. The molecule has 0 saturated carbocycles. The summed E-state index contributed by atoms with van der Waals surface area (Å²) in [4.78, 5) is 17.5. The fraction of sp³-hybridized carbons (Fsp3) is 0.190. The molecule has 1 aliphatic carbocycles. The van der Waals surface area contributed by atoms with Gasteiger partial charge >= 0.3 is 0 Å². The Morgan fingerprint density at radius 2 is 1.89 bits per heavy atom. The zero-order valence-corrected chi connectivity index (χ0v) is 16.3. The lowest BCUT2D eigenvalue weighted by atomic mass is 9.85. The Hall–Kier alpha value is -2.63. The Morgan fingerprint density at radius 1 is 1.07 bits per heavy atom. The molecular formula is C21H16Cl2N4O. The summed E-state index contributed by atoms with van der Waals surface area (Å²) in [7, 11) is 0. The van der Waals surface area contributed by atoms with Gasteiger partial charge in [0.15, 0.2) is 11.6 Å². The molecule has 0 amide bonds. The van der Waals surface area contributed by atoms with Crippen molar-refractivity contribution in [2.24, 2.45) is 0 Å². The first-order valence-corrected chi connectivity index (χ1v) is 9.87. The maximum absolute atomic E-state index is 12.8. The van der Waals surface area contributed by atoms with Crippen molar-refractivity contribution >= 4 is 34.9 Å². The van der Waals surface area contributed by atoms with Crippen LogP contribution < -0.4 is 5.32 Å². The standard InChI is InChI=1S/C21H16Cl2N4O/c22-13-9-10-14(15(23)11-13)19-18-16(7-4-8-17(18)28)24-21-25-20(26-27(19)21)12-5-2-1-3-6-12/h1-3,5-6,9-11,19H,4,7-8H2,(H,24,25,26). The number of allylic oxidation sites excluding steroid dienone is 2. The zero-order chi connectivity index (χ0) is 19.3. The maximum atomic E-state index is 12.8. The number of carbonyl (C=O) groups is 1. The smallest absolute Gasteiger partial charge is 0.226 e. The molecule has 0 saturated heterocycles. The molecule has 2 heterocycles. The van der Waals surface area contributed by atoms with E-state index < -0.39 is 6.04 Å². The van der Waals surface area contributed by atoms with Crippen molar-refractivity contribution in [3.05, 3.63) is 75.4 Å². The topological polar surface area (TPSA) is 59.8 Å². The largest absolute Gasteiger partial charge is 0.328 e. The van der Waals surface area contributed by atoms with Crippen molar-refractivity contribution in [1.29, 1.82) is 0 Å². The third-order valence-corrected chi connectivity index (χ3v) is 5.72. The molecule has 140 valence electrons. The highest BCUT2D eigenvalue weighted by Crippen LogP contribution is 2.42. The summed E-state index contributed by atoms with van der Waals surface area (Å²) < 4.78 is 1.76. The second-order valence-electron chi connectivity index (χ2n) is 6.93. The fourth-order valence-electron chi connectivity index (χ4n) is 3.88. The second kappa shape index (κ2) is 6.76. The lowest BCUT2D eigenvalue weighted by Crippen LogP contribution is -2.31. The van der Waals surface area contributed by atoms with Crippen molar-refractivity contribution in [3.8, 4) is 11.4 Å². The van der Waals surface area contributed by atoms with Crippen molar-refractivity contribution in [2.75, 3.05) is 5.32 Å². The van der Waals surface area contributed by atoms with Crippen LogP contribution in [0.15, 0.2) is 59.8 Å². The Morgan fingerprint density at radius 3 is 2.68 bits per heavy atom. The first kappa shape index (κ1) is 17.5. The number of anilines is 1. The predicted molar refractivity (Wildman–Crippen MR) is 110 cm³/mol. The maximum Gasteiger partial charge on any atom is 0.226 e. The SMILES string of the molecule is O=C1CCCC2=C1C(c1ccc(Cl)cc1Cl)n1nc(-c3ccccc3)nc1N2. The first-order valence-electron chi connectivity index (χ1n) is 9.12. The number of halogens is 2. The highest BCUT2D eigenvalue weighted by atomic mass is 35.5. The Bertz CT molecular complexity index is 1120. The van der Waals surface area contributed by atoms with Gasteiger partial charge in [-0.25, -0.2) is 4.68 Å². The molecule has 1 aliphatic heterocycles. The lowest BCUT2D eigenvalue weighted by Gasteiger charge is -2.32. The number of hydrogen-bond acceptors (Lipinski definition) is 4. The average Bonchev–Trinajstić information content (AvgIpc) is 3.12. The molecular weight excluding hydrogens is 395 g/mol. The molecule has 1 atom stereocenters. The second-order valence-corrected chi connectivity index (χ2v) is 7.78. The molecule has 1 unspecified atom stereocenters. The minimum Gasteiger partial charge on any atom is -0.328 e. The molecule has 0 radical (unpaired) electrons. The van der Waals surface area contributed by atoms with E-state index >= 15 is 0 Å². The van der Waals surface area contributed by atoms with Crippen LogP contribution in [0.25, 0.3) is 11.4 Å². The number of benzene rings is 2. The predicted octanol–water partition coefficient (Wildman–Crippen LogP) is 5.27. The van der Waals surface area contributed by atoms with Crippen molar-refractivity contribution in [1.82, 2.24) is 14.8 Å². The molecule has 2 aliphatic rings. The number of fused-ring (bicyclic) bond motifs is 1. The van der Waals surface area contributed by atoms with Gasteiger partial charge in [-0.3, -0.25) is 4.79 Å². The van der Waals surface area contributed by atoms with E-state index in [2.05, 4.69) is 10.3 Å². The van der Waals surface area contributed by atoms with Gasteiger partial charge < -0.3 is 5.32 Å². The summed E-state index contributed by atoms with van der Waals surface area (Å²) in [6.07, 6.45) is 2.15. The van der Waals surface area contributed by atoms with Crippen LogP contribution in [0, 0.1) is 0 Å². The number of carbonyl (C=O) groups excluding carboxylic acids is 1. The fourth-order valence-corrected chi connectivity index (χ4v) is 4.39. The van der Waals surface area contributed by atoms with Crippen LogP contribution in [0.4, 0.5) is 5.95 Å². The van der Waals surface area contributed by atoms with Gasteiger partial charge in [0.2, 0.25) is 5.95 Å². The Balaban J connectivity index is 1.71. The average molecular weight is 411 g/mol. The van der Waals surface area contributed by atoms with Crippen molar-refractivity contribution in [3.63, 3.8) is 0 Å². The van der Waals surface area contributed by atoms with Gasteiger partial charge in [-0.2, -0.15) is 4.98 Å². The summed E-state index contributed by atoms with van der Waals surface area (Å²) >= 11 is 12.6. The first-order chi connectivity index (χ1) is 13.6. The highest BCUT2D eigenvalue weighted by Gasteiger charge is 2.37. The van der Waals surface area contributed by atoms with Gasteiger partial charge in [0.05, 0.1) is 0 Å². The van der Waals surface area contributed by atoms with Crippen molar-refractivity contribution in [2.45, 2.75) is 25.3 Å². The number of nitrogens with zero attached hydrogens (tertiary/aromatic N) is 3. The quantitative estimate of drug-likeness (QED) is 0.624. The van der Waals surface area contributed by atoms with E-state index in [-0.39, 0.29) is 5.78 Å². The van der Waals surface area contributed by atoms with Gasteiger partial charge in [0, 0.05) is 38.9 Å². The lowest BCUT2D eigenvalue weighted by molar-refractivity contribution is -0.116. The molecule has 0 fully saturated rings. The van der Waals surface area contributed by atoms with Gasteiger partial charge in [0.1, 0.15) is 6.04 Å². The van der Waals surface area contributed by atoms with E-state index in [0.717, 1.165) is 29.7 Å². The van der Waals surface area contributed by atoms with Crippen LogP contribution in [0.3, 0.4) is 0 Å². The molecule has 7 heteroatoms. The molecule has 5 nitrogen and oxygen atoms in total. The summed E-state index contributed by atoms with van der Waals surface area (Å²) in [6.45, 7) is 0. The van der Waals surface area contributed by atoms with Gasteiger partial charge in [-0.15, -0.1) is 5.10 Å². The van der Waals surface area contributed by atoms with E-state index in [9.17, 15) is 4.79 Å². The number of Topliss-reactive ketones (excluding diaryl/α,β-unsaturated/α-hetero) is 1. The summed E-state index contributed by atoms with van der Waals surface area (Å²) in [5.74, 6) is 1.33. The molecule has 5 rings (SSSR count). The van der Waals surface area contributed by atoms with E-state index in [1.807, 2.05) is 36.4 Å². The Labute approximate surface area is 172 Å².